The fourth-order valence-electron chi connectivity index (χ4n) is 2.49. The normalized spacial score (nSPS) is 13.7. The first-order valence-corrected chi connectivity index (χ1v) is 9.24. The Kier molecular flexibility index (Phi) is 5.50. The molecule has 6 heteroatoms. The van der Waals surface area contributed by atoms with E-state index < -0.39 is 0 Å². The molecule has 132 valence electrons. The summed E-state index contributed by atoms with van der Waals surface area (Å²) in [7, 11) is 4.08. The number of carbonyl (C=O) groups excluding carboxylic acids is 2. The molecule has 1 aliphatic carbocycles. The van der Waals surface area contributed by atoms with Gasteiger partial charge in [-0.05, 0) is 50.2 Å². The third-order valence-electron chi connectivity index (χ3n) is 4.00. The lowest BCUT2D eigenvalue weighted by Gasteiger charge is -2.10. The van der Waals surface area contributed by atoms with E-state index in [2.05, 4.69) is 27.7 Å². The molecule has 1 aliphatic rings. The highest BCUT2D eigenvalue weighted by Crippen LogP contribution is 2.31. The number of hydrogen-bond donors (Lipinski definition) is 2. The average molecular weight is 357 g/mol. The van der Waals surface area contributed by atoms with Crippen molar-refractivity contribution in [2.75, 3.05) is 19.4 Å². The molecule has 1 aromatic carbocycles. The van der Waals surface area contributed by atoms with E-state index in [-0.39, 0.29) is 17.7 Å². The summed E-state index contributed by atoms with van der Waals surface area (Å²) in [5, 5.41) is 6.53. The summed E-state index contributed by atoms with van der Waals surface area (Å²) in [6.45, 7) is 1.39. The van der Waals surface area contributed by atoms with Crippen molar-refractivity contribution in [1.82, 2.24) is 10.2 Å². The Morgan fingerprint density at radius 1 is 1.08 bits per heavy atom. The summed E-state index contributed by atoms with van der Waals surface area (Å²) in [6, 6.07) is 11.8. The van der Waals surface area contributed by atoms with Crippen LogP contribution >= 0.6 is 11.3 Å². The number of benzene rings is 1. The quantitative estimate of drug-likeness (QED) is 0.800. The lowest BCUT2D eigenvalue weighted by molar-refractivity contribution is -0.117. The van der Waals surface area contributed by atoms with Gasteiger partial charge in [-0.15, -0.1) is 11.3 Å². The SMILES string of the molecule is CN(C)Cc1ccc(CNC(=O)c2ccc(NC(=O)C3CC3)s2)cc1. The van der Waals surface area contributed by atoms with Gasteiger partial charge in [0, 0.05) is 19.0 Å². The van der Waals surface area contributed by atoms with E-state index in [1.54, 1.807) is 12.1 Å². The summed E-state index contributed by atoms with van der Waals surface area (Å²) >= 11 is 1.31. The first-order valence-electron chi connectivity index (χ1n) is 8.43. The minimum atomic E-state index is -0.116. The maximum absolute atomic E-state index is 12.3. The fourth-order valence-corrected chi connectivity index (χ4v) is 3.32. The molecule has 0 unspecified atom stereocenters. The van der Waals surface area contributed by atoms with Gasteiger partial charge in [-0.1, -0.05) is 24.3 Å². The van der Waals surface area contributed by atoms with Gasteiger partial charge in [0.05, 0.1) is 9.88 Å². The summed E-state index contributed by atoms with van der Waals surface area (Å²) in [6.07, 6.45) is 1.94. The van der Waals surface area contributed by atoms with Crippen LogP contribution in [0.5, 0.6) is 0 Å². The van der Waals surface area contributed by atoms with Gasteiger partial charge in [0.2, 0.25) is 5.91 Å². The van der Waals surface area contributed by atoms with E-state index >= 15 is 0 Å². The van der Waals surface area contributed by atoms with Gasteiger partial charge >= 0.3 is 0 Å². The maximum Gasteiger partial charge on any atom is 0.261 e. The van der Waals surface area contributed by atoms with Crippen molar-refractivity contribution in [3.8, 4) is 0 Å². The molecule has 2 amide bonds. The Morgan fingerprint density at radius 2 is 1.76 bits per heavy atom. The first-order chi connectivity index (χ1) is 12.0. The highest BCUT2D eigenvalue weighted by atomic mass is 32.1. The van der Waals surface area contributed by atoms with Crippen molar-refractivity contribution >= 4 is 28.2 Å². The molecule has 1 fully saturated rings. The number of nitrogens with zero attached hydrogens (tertiary/aromatic N) is 1. The number of carbonyl (C=O) groups is 2. The van der Waals surface area contributed by atoms with Gasteiger partial charge in [0.1, 0.15) is 0 Å². The van der Waals surface area contributed by atoms with E-state index in [4.69, 9.17) is 0 Å². The molecule has 1 saturated carbocycles. The van der Waals surface area contributed by atoms with Gasteiger partial charge in [0.25, 0.3) is 5.91 Å². The number of amides is 2. The maximum atomic E-state index is 12.3. The van der Waals surface area contributed by atoms with Crippen molar-refractivity contribution in [1.29, 1.82) is 0 Å². The molecule has 0 spiro atoms. The highest BCUT2D eigenvalue weighted by molar-refractivity contribution is 7.18. The van der Waals surface area contributed by atoms with Gasteiger partial charge < -0.3 is 15.5 Å². The van der Waals surface area contributed by atoms with Crippen LogP contribution in [0.25, 0.3) is 0 Å². The van der Waals surface area contributed by atoms with Crippen LogP contribution in [0.2, 0.25) is 0 Å². The molecule has 0 aliphatic heterocycles. The van der Waals surface area contributed by atoms with Crippen LogP contribution in [0, 0.1) is 5.92 Å². The first kappa shape index (κ1) is 17.6. The Morgan fingerprint density at radius 3 is 2.40 bits per heavy atom. The second-order valence-electron chi connectivity index (χ2n) is 6.66. The third kappa shape index (κ3) is 5.14. The van der Waals surface area contributed by atoms with E-state index in [9.17, 15) is 9.59 Å². The van der Waals surface area contributed by atoms with Crippen molar-refractivity contribution in [3.05, 3.63) is 52.4 Å². The Labute approximate surface area is 152 Å². The number of hydrogen-bond acceptors (Lipinski definition) is 4. The number of thiophene rings is 1. The smallest absolute Gasteiger partial charge is 0.261 e. The van der Waals surface area contributed by atoms with E-state index in [1.807, 2.05) is 26.2 Å². The zero-order valence-corrected chi connectivity index (χ0v) is 15.4. The topological polar surface area (TPSA) is 61.4 Å². The zero-order valence-electron chi connectivity index (χ0n) is 14.5. The van der Waals surface area contributed by atoms with Crippen LogP contribution in [0.1, 0.15) is 33.6 Å². The van der Waals surface area contributed by atoms with Crippen molar-refractivity contribution < 1.29 is 9.59 Å². The van der Waals surface area contributed by atoms with Crippen LogP contribution in [-0.4, -0.2) is 30.8 Å². The summed E-state index contributed by atoms with van der Waals surface area (Å²) in [5.41, 5.74) is 2.31. The molecule has 0 bridgehead atoms. The summed E-state index contributed by atoms with van der Waals surface area (Å²) < 4.78 is 0. The zero-order chi connectivity index (χ0) is 17.8. The second-order valence-corrected chi connectivity index (χ2v) is 7.75. The number of rotatable bonds is 7. The van der Waals surface area contributed by atoms with E-state index in [0.29, 0.717) is 11.4 Å². The summed E-state index contributed by atoms with van der Waals surface area (Å²) in [4.78, 5) is 26.7. The number of nitrogens with one attached hydrogen (secondary N) is 2. The Hall–Kier alpha value is -2.18. The predicted molar refractivity (Wildman–Crippen MR) is 101 cm³/mol. The molecular formula is C19H23N3O2S. The molecule has 0 atom stereocenters. The lowest BCUT2D eigenvalue weighted by atomic mass is 10.1. The number of anilines is 1. The molecule has 25 heavy (non-hydrogen) atoms. The molecule has 0 radical (unpaired) electrons. The average Bonchev–Trinajstić information content (AvgIpc) is 3.33. The van der Waals surface area contributed by atoms with Crippen LogP contribution in [0.15, 0.2) is 36.4 Å². The van der Waals surface area contributed by atoms with Crippen LogP contribution < -0.4 is 10.6 Å². The summed E-state index contributed by atoms with van der Waals surface area (Å²) in [5.74, 6) is 0.107. The molecule has 0 saturated heterocycles. The third-order valence-corrected chi connectivity index (χ3v) is 5.00. The largest absolute Gasteiger partial charge is 0.347 e. The van der Waals surface area contributed by atoms with E-state index in [0.717, 1.165) is 30.0 Å². The lowest BCUT2D eigenvalue weighted by Crippen LogP contribution is -2.21. The molecule has 2 N–H and O–H groups in total. The van der Waals surface area contributed by atoms with Crippen molar-refractivity contribution in [3.63, 3.8) is 0 Å². The van der Waals surface area contributed by atoms with Crippen LogP contribution in [0.4, 0.5) is 5.00 Å². The van der Waals surface area contributed by atoms with Crippen LogP contribution in [0.3, 0.4) is 0 Å². The molecular weight excluding hydrogens is 334 g/mol. The molecule has 1 aromatic heterocycles. The van der Waals surface area contributed by atoms with Gasteiger partial charge in [-0.25, -0.2) is 0 Å². The molecule has 5 nitrogen and oxygen atoms in total. The molecule has 1 heterocycles. The molecule has 2 aromatic rings. The van der Waals surface area contributed by atoms with Crippen molar-refractivity contribution in [2.24, 2.45) is 5.92 Å². The van der Waals surface area contributed by atoms with Gasteiger partial charge in [-0.2, -0.15) is 0 Å². The minimum Gasteiger partial charge on any atom is -0.347 e. The standard InChI is InChI=1S/C19H23N3O2S/c1-22(2)12-14-5-3-13(4-6-14)11-20-19(24)16-9-10-17(25-16)21-18(23)15-7-8-15/h3-6,9-10,15H,7-8,11-12H2,1-2H3,(H,20,24)(H,21,23). The monoisotopic (exact) mass is 357 g/mol. The van der Waals surface area contributed by atoms with E-state index in [1.165, 1.54) is 16.9 Å². The van der Waals surface area contributed by atoms with Gasteiger partial charge in [0.15, 0.2) is 0 Å². The molecule has 3 rings (SSSR count). The fraction of sp³-hybridized carbons (Fsp3) is 0.368. The van der Waals surface area contributed by atoms with Crippen molar-refractivity contribution in [2.45, 2.75) is 25.9 Å². The Bertz CT molecular complexity index is 748. The predicted octanol–water partition coefficient (Wildman–Crippen LogP) is 3.09. The second kappa shape index (κ2) is 7.80. The van der Waals surface area contributed by atoms with Gasteiger partial charge in [-0.3, -0.25) is 9.59 Å². The minimum absolute atomic E-state index is 0.0617. The van der Waals surface area contributed by atoms with Crippen LogP contribution in [-0.2, 0) is 17.9 Å². The Balaban J connectivity index is 1.50. The highest BCUT2D eigenvalue weighted by Gasteiger charge is 2.29.